The third-order valence-electron chi connectivity index (χ3n) is 6.11. The standard InChI is InChI=1S/C26H31N5O2/c1-30(21-7-5-8-22(19-21)33-2)16-14-26(32)31-17-12-20(13-18-31)23-9-6-11-25(28-23)29-24-10-3-4-15-27-24/h3-11,15,19-20H,12-14,16-18H2,1-2H3,(H,27,28,29). The van der Waals surface area contributed by atoms with Gasteiger partial charge in [-0.05, 0) is 49.2 Å². The Morgan fingerprint density at radius 3 is 2.64 bits per heavy atom. The number of carbonyl (C=O) groups is 1. The predicted octanol–water partition coefficient (Wildman–Crippen LogP) is 4.46. The minimum Gasteiger partial charge on any atom is -0.497 e. The molecule has 33 heavy (non-hydrogen) atoms. The summed E-state index contributed by atoms with van der Waals surface area (Å²) in [6.45, 7) is 2.21. The van der Waals surface area contributed by atoms with Gasteiger partial charge in [-0.2, -0.15) is 0 Å². The molecule has 0 spiro atoms. The number of amides is 1. The van der Waals surface area contributed by atoms with Crippen LogP contribution in [0.15, 0.2) is 66.9 Å². The van der Waals surface area contributed by atoms with Crippen molar-refractivity contribution < 1.29 is 9.53 Å². The fourth-order valence-electron chi connectivity index (χ4n) is 4.14. The smallest absolute Gasteiger partial charge is 0.224 e. The fourth-order valence-corrected chi connectivity index (χ4v) is 4.14. The molecule has 1 fully saturated rings. The van der Waals surface area contributed by atoms with Crippen molar-refractivity contribution in [2.45, 2.75) is 25.2 Å². The van der Waals surface area contributed by atoms with Crippen molar-refractivity contribution in [3.8, 4) is 5.75 Å². The van der Waals surface area contributed by atoms with Crippen molar-refractivity contribution in [3.63, 3.8) is 0 Å². The predicted molar refractivity (Wildman–Crippen MR) is 131 cm³/mol. The van der Waals surface area contributed by atoms with E-state index in [9.17, 15) is 4.79 Å². The zero-order valence-electron chi connectivity index (χ0n) is 19.3. The van der Waals surface area contributed by atoms with E-state index in [4.69, 9.17) is 9.72 Å². The summed E-state index contributed by atoms with van der Waals surface area (Å²) in [5, 5.41) is 3.26. The average Bonchev–Trinajstić information content (AvgIpc) is 2.88. The summed E-state index contributed by atoms with van der Waals surface area (Å²) in [5.74, 6) is 2.97. The first-order valence-corrected chi connectivity index (χ1v) is 11.4. The lowest BCUT2D eigenvalue weighted by Gasteiger charge is -2.32. The second kappa shape index (κ2) is 10.8. The Morgan fingerprint density at radius 1 is 1.09 bits per heavy atom. The zero-order valence-corrected chi connectivity index (χ0v) is 19.3. The van der Waals surface area contributed by atoms with Crippen molar-refractivity contribution >= 4 is 23.2 Å². The summed E-state index contributed by atoms with van der Waals surface area (Å²) < 4.78 is 5.30. The van der Waals surface area contributed by atoms with Gasteiger partial charge in [0.15, 0.2) is 0 Å². The number of nitrogens with one attached hydrogen (secondary N) is 1. The summed E-state index contributed by atoms with van der Waals surface area (Å²) in [7, 11) is 3.67. The first-order valence-electron chi connectivity index (χ1n) is 11.4. The van der Waals surface area contributed by atoms with Crippen LogP contribution in [0.5, 0.6) is 5.75 Å². The van der Waals surface area contributed by atoms with Crippen molar-refractivity contribution in [2.75, 3.05) is 44.0 Å². The maximum Gasteiger partial charge on any atom is 0.224 e. The van der Waals surface area contributed by atoms with E-state index in [1.165, 1.54) is 0 Å². The average molecular weight is 446 g/mol. The van der Waals surface area contributed by atoms with Crippen LogP contribution in [0.4, 0.5) is 17.3 Å². The van der Waals surface area contributed by atoms with Gasteiger partial charge >= 0.3 is 0 Å². The molecule has 7 nitrogen and oxygen atoms in total. The Morgan fingerprint density at radius 2 is 1.88 bits per heavy atom. The lowest BCUT2D eigenvalue weighted by Crippen LogP contribution is -2.39. The van der Waals surface area contributed by atoms with E-state index >= 15 is 0 Å². The highest BCUT2D eigenvalue weighted by molar-refractivity contribution is 5.77. The molecule has 1 aliphatic heterocycles. The molecular weight excluding hydrogens is 414 g/mol. The lowest BCUT2D eigenvalue weighted by molar-refractivity contribution is -0.132. The molecule has 0 bridgehead atoms. The van der Waals surface area contributed by atoms with Gasteiger partial charge in [-0.3, -0.25) is 4.79 Å². The van der Waals surface area contributed by atoms with Crippen molar-refractivity contribution in [3.05, 3.63) is 72.6 Å². The third kappa shape index (κ3) is 6.00. The molecular formula is C26H31N5O2. The lowest BCUT2D eigenvalue weighted by atomic mass is 9.93. The molecule has 0 aliphatic carbocycles. The van der Waals surface area contributed by atoms with Crippen LogP contribution in [0.1, 0.15) is 30.9 Å². The SMILES string of the molecule is COc1cccc(N(C)CCC(=O)N2CCC(c3cccc(Nc4ccccn4)n3)CC2)c1. The first-order chi connectivity index (χ1) is 16.1. The Labute approximate surface area is 195 Å². The maximum absolute atomic E-state index is 12.8. The largest absolute Gasteiger partial charge is 0.497 e. The molecule has 1 aliphatic rings. The van der Waals surface area contributed by atoms with Gasteiger partial charge in [-0.1, -0.05) is 18.2 Å². The Balaban J connectivity index is 1.27. The monoisotopic (exact) mass is 445 g/mol. The number of methoxy groups -OCH3 is 1. The van der Waals surface area contributed by atoms with Crippen LogP contribution in [0, 0.1) is 0 Å². The molecule has 1 saturated heterocycles. The summed E-state index contributed by atoms with van der Waals surface area (Å²) in [6.07, 6.45) is 4.11. The number of aromatic nitrogens is 2. The van der Waals surface area contributed by atoms with Gasteiger partial charge in [0.1, 0.15) is 17.4 Å². The van der Waals surface area contributed by atoms with E-state index in [1.807, 2.05) is 66.5 Å². The normalized spacial score (nSPS) is 14.1. The molecule has 172 valence electrons. The number of hydrogen-bond acceptors (Lipinski definition) is 6. The van der Waals surface area contributed by atoms with Crippen LogP contribution >= 0.6 is 0 Å². The number of carbonyl (C=O) groups excluding carboxylic acids is 1. The Bertz CT molecular complexity index is 1050. The molecule has 3 aromatic rings. The van der Waals surface area contributed by atoms with E-state index in [-0.39, 0.29) is 5.91 Å². The van der Waals surface area contributed by atoms with Crippen LogP contribution in [-0.4, -0.2) is 54.6 Å². The van der Waals surface area contributed by atoms with Gasteiger partial charge in [-0.25, -0.2) is 9.97 Å². The number of nitrogens with zero attached hydrogens (tertiary/aromatic N) is 4. The van der Waals surface area contributed by atoms with E-state index in [0.29, 0.717) is 18.9 Å². The molecule has 1 amide bonds. The molecule has 0 saturated carbocycles. The highest BCUT2D eigenvalue weighted by Gasteiger charge is 2.24. The van der Waals surface area contributed by atoms with Gasteiger partial charge in [-0.15, -0.1) is 0 Å². The van der Waals surface area contributed by atoms with Crippen molar-refractivity contribution in [2.24, 2.45) is 0 Å². The van der Waals surface area contributed by atoms with Crippen LogP contribution in [-0.2, 0) is 4.79 Å². The molecule has 2 aromatic heterocycles. The van der Waals surface area contributed by atoms with Gasteiger partial charge in [0, 0.05) is 62.7 Å². The summed E-state index contributed by atoms with van der Waals surface area (Å²) >= 11 is 0. The molecule has 4 rings (SSSR count). The Kier molecular flexibility index (Phi) is 7.40. The first kappa shape index (κ1) is 22.6. The highest BCUT2D eigenvalue weighted by Crippen LogP contribution is 2.28. The highest BCUT2D eigenvalue weighted by atomic mass is 16.5. The summed E-state index contributed by atoms with van der Waals surface area (Å²) in [4.78, 5) is 26.0. The van der Waals surface area contributed by atoms with Crippen LogP contribution < -0.4 is 15.0 Å². The number of anilines is 3. The fraction of sp³-hybridized carbons (Fsp3) is 0.346. The second-order valence-corrected chi connectivity index (χ2v) is 8.32. The molecule has 0 atom stereocenters. The van der Waals surface area contributed by atoms with Crippen LogP contribution in [0.2, 0.25) is 0 Å². The van der Waals surface area contributed by atoms with Gasteiger partial charge < -0.3 is 19.9 Å². The molecule has 0 unspecified atom stereocenters. The topological polar surface area (TPSA) is 70.6 Å². The van der Waals surface area contributed by atoms with Gasteiger partial charge in [0.2, 0.25) is 5.91 Å². The minimum atomic E-state index is 0.210. The molecule has 3 heterocycles. The number of likely N-dealkylation sites (tertiary alicyclic amines) is 1. The number of benzene rings is 1. The molecule has 0 radical (unpaired) electrons. The second-order valence-electron chi connectivity index (χ2n) is 8.32. The van der Waals surface area contributed by atoms with Crippen LogP contribution in [0.3, 0.4) is 0 Å². The number of ether oxygens (including phenoxy) is 1. The molecule has 7 heteroatoms. The third-order valence-corrected chi connectivity index (χ3v) is 6.11. The van der Waals surface area contributed by atoms with E-state index in [0.717, 1.165) is 54.7 Å². The number of rotatable bonds is 8. The minimum absolute atomic E-state index is 0.210. The quantitative estimate of drug-likeness (QED) is 0.552. The van der Waals surface area contributed by atoms with Crippen molar-refractivity contribution in [1.29, 1.82) is 0 Å². The molecule has 1 aromatic carbocycles. The number of pyridine rings is 2. The number of piperidine rings is 1. The number of hydrogen-bond donors (Lipinski definition) is 1. The van der Waals surface area contributed by atoms with Gasteiger partial charge in [0.05, 0.1) is 7.11 Å². The summed E-state index contributed by atoms with van der Waals surface area (Å²) in [5.41, 5.74) is 2.12. The Hall–Kier alpha value is -3.61. The molecule has 1 N–H and O–H groups in total. The van der Waals surface area contributed by atoms with E-state index in [1.54, 1.807) is 13.3 Å². The van der Waals surface area contributed by atoms with E-state index in [2.05, 4.69) is 21.3 Å². The van der Waals surface area contributed by atoms with Crippen molar-refractivity contribution in [1.82, 2.24) is 14.9 Å². The van der Waals surface area contributed by atoms with Crippen LogP contribution in [0.25, 0.3) is 0 Å². The van der Waals surface area contributed by atoms with Gasteiger partial charge in [0.25, 0.3) is 0 Å². The zero-order chi connectivity index (χ0) is 23.0. The summed E-state index contributed by atoms with van der Waals surface area (Å²) in [6, 6.07) is 19.7. The maximum atomic E-state index is 12.8. The van der Waals surface area contributed by atoms with E-state index < -0.39 is 0 Å².